The summed E-state index contributed by atoms with van der Waals surface area (Å²) in [4.78, 5) is 59.9. The van der Waals surface area contributed by atoms with E-state index < -0.39 is 60.8 Å². The number of carbonyl (C=O) groups is 5. The first-order valence-electron chi connectivity index (χ1n) is 10.9. The Morgan fingerprint density at radius 3 is 1.97 bits per heavy atom. The Kier molecular flexibility index (Phi) is 10.4. The molecule has 0 fully saturated rings. The smallest absolute Gasteiger partial charge is 0.326 e. The number of amides is 3. The highest BCUT2D eigenvalue weighted by Crippen LogP contribution is 2.11. The number of nitrogens with one attached hydrogen (secondary N) is 3. The van der Waals surface area contributed by atoms with Crippen LogP contribution in [0.25, 0.3) is 0 Å². The second kappa shape index (κ2) is 13.4. The first-order chi connectivity index (χ1) is 17.0. The molecule has 8 N–H and O–H groups in total. The molecular formula is C24H28N4O8. The molecule has 3 unspecified atom stereocenters. The Labute approximate surface area is 206 Å². The maximum atomic E-state index is 12.6. The molecule has 3 atom stereocenters. The molecule has 0 aliphatic carbocycles. The summed E-state index contributed by atoms with van der Waals surface area (Å²) >= 11 is 0. The van der Waals surface area contributed by atoms with Crippen molar-refractivity contribution in [2.45, 2.75) is 37.4 Å². The summed E-state index contributed by atoms with van der Waals surface area (Å²) in [6, 6.07) is 10.6. The van der Waals surface area contributed by atoms with E-state index in [1.165, 1.54) is 12.1 Å². The third kappa shape index (κ3) is 9.43. The zero-order chi connectivity index (χ0) is 26.7. The number of carboxylic acids is 2. The zero-order valence-corrected chi connectivity index (χ0v) is 19.2. The number of carbonyl (C=O) groups excluding carboxylic acids is 3. The standard InChI is InChI=1S/C24H28N4O8/c25-17(10-15-6-8-16(29)9-7-15)22(33)26-13-20(30)27-18(12-21(31)32)23(34)28-19(24(35)36)11-14-4-2-1-3-5-14/h1-9,17-19,29H,10-13,25H2,(H,26,33)(H,27,30)(H,28,34)(H,31,32)(H,35,36). The molecule has 12 nitrogen and oxygen atoms in total. The minimum Gasteiger partial charge on any atom is -0.508 e. The molecule has 0 aliphatic heterocycles. The summed E-state index contributed by atoms with van der Waals surface area (Å²) < 4.78 is 0. The molecule has 2 aromatic rings. The number of rotatable bonds is 13. The topological polar surface area (TPSA) is 208 Å². The van der Waals surface area contributed by atoms with Crippen molar-refractivity contribution in [2.75, 3.05) is 6.54 Å². The third-order valence-electron chi connectivity index (χ3n) is 5.08. The highest BCUT2D eigenvalue weighted by Gasteiger charge is 2.28. The van der Waals surface area contributed by atoms with Gasteiger partial charge in [0.25, 0.3) is 0 Å². The van der Waals surface area contributed by atoms with Gasteiger partial charge in [-0.15, -0.1) is 0 Å². The van der Waals surface area contributed by atoms with E-state index in [2.05, 4.69) is 16.0 Å². The van der Waals surface area contributed by atoms with Gasteiger partial charge in [0.15, 0.2) is 0 Å². The summed E-state index contributed by atoms with van der Waals surface area (Å²) in [7, 11) is 0. The molecule has 192 valence electrons. The van der Waals surface area contributed by atoms with Crippen LogP contribution in [0.15, 0.2) is 54.6 Å². The van der Waals surface area contributed by atoms with Gasteiger partial charge in [0.05, 0.1) is 19.0 Å². The third-order valence-corrected chi connectivity index (χ3v) is 5.08. The highest BCUT2D eigenvalue weighted by molar-refractivity contribution is 5.94. The molecule has 0 bridgehead atoms. The number of benzene rings is 2. The number of hydrogen-bond acceptors (Lipinski definition) is 7. The summed E-state index contributed by atoms with van der Waals surface area (Å²) in [6.45, 7) is -0.585. The van der Waals surface area contributed by atoms with Gasteiger partial charge in [-0.2, -0.15) is 0 Å². The molecule has 2 rings (SSSR count). The minimum atomic E-state index is -1.57. The van der Waals surface area contributed by atoms with Crippen LogP contribution in [0.2, 0.25) is 0 Å². The van der Waals surface area contributed by atoms with Crippen molar-refractivity contribution >= 4 is 29.7 Å². The van der Waals surface area contributed by atoms with Gasteiger partial charge in [0.1, 0.15) is 17.8 Å². The van der Waals surface area contributed by atoms with E-state index in [4.69, 9.17) is 10.8 Å². The van der Waals surface area contributed by atoms with Crippen LogP contribution in [0, 0.1) is 0 Å². The first kappa shape index (κ1) is 27.8. The molecule has 3 amide bonds. The van der Waals surface area contributed by atoms with E-state index in [9.17, 15) is 34.2 Å². The average molecular weight is 501 g/mol. The molecule has 36 heavy (non-hydrogen) atoms. The van der Waals surface area contributed by atoms with E-state index >= 15 is 0 Å². The van der Waals surface area contributed by atoms with Gasteiger partial charge in [0, 0.05) is 6.42 Å². The molecule has 2 aromatic carbocycles. The molecule has 0 spiro atoms. The van der Waals surface area contributed by atoms with Gasteiger partial charge in [-0.3, -0.25) is 19.2 Å². The molecule has 0 aromatic heterocycles. The fourth-order valence-corrected chi connectivity index (χ4v) is 3.23. The lowest BCUT2D eigenvalue weighted by Gasteiger charge is -2.21. The lowest BCUT2D eigenvalue weighted by atomic mass is 10.1. The molecular weight excluding hydrogens is 472 g/mol. The van der Waals surface area contributed by atoms with Gasteiger partial charge >= 0.3 is 11.9 Å². The fraction of sp³-hybridized carbons (Fsp3) is 0.292. The Balaban J connectivity index is 1.93. The largest absolute Gasteiger partial charge is 0.508 e. The van der Waals surface area contributed by atoms with Crippen LogP contribution >= 0.6 is 0 Å². The lowest BCUT2D eigenvalue weighted by molar-refractivity contribution is -0.143. The van der Waals surface area contributed by atoms with Gasteiger partial charge in [0.2, 0.25) is 17.7 Å². The van der Waals surface area contributed by atoms with Gasteiger partial charge in [-0.25, -0.2) is 4.79 Å². The monoisotopic (exact) mass is 500 g/mol. The van der Waals surface area contributed by atoms with Gasteiger partial charge in [-0.1, -0.05) is 42.5 Å². The van der Waals surface area contributed by atoms with Crippen LogP contribution in [0.1, 0.15) is 17.5 Å². The number of phenolic OH excluding ortho intramolecular Hbond substituents is 1. The Bertz CT molecular complexity index is 1080. The van der Waals surface area contributed by atoms with Crippen LogP contribution in [-0.4, -0.2) is 69.7 Å². The van der Waals surface area contributed by atoms with Crippen molar-refractivity contribution in [3.8, 4) is 5.75 Å². The summed E-state index contributed by atoms with van der Waals surface area (Å²) in [5, 5.41) is 34.6. The van der Waals surface area contributed by atoms with Crippen LogP contribution in [0.3, 0.4) is 0 Å². The number of aliphatic carboxylic acids is 2. The SMILES string of the molecule is NC(Cc1ccc(O)cc1)C(=O)NCC(=O)NC(CC(=O)O)C(=O)NC(Cc1ccccc1)C(=O)O. The van der Waals surface area contributed by atoms with E-state index in [1.54, 1.807) is 42.5 Å². The number of aromatic hydroxyl groups is 1. The second-order valence-electron chi connectivity index (χ2n) is 8.00. The minimum absolute atomic E-state index is 0.0510. The Hall–Kier alpha value is -4.45. The van der Waals surface area contributed by atoms with Crippen molar-refractivity contribution in [1.82, 2.24) is 16.0 Å². The Morgan fingerprint density at radius 1 is 0.778 bits per heavy atom. The highest BCUT2D eigenvalue weighted by atomic mass is 16.4. The van der Waals surface area contributed by atoms with Crippen molar-refractivity contribution in [3.05, 3.63) is 65.7 Å². The van der Waals surface area contributed by atoms with Crippen molar-refractivity contribution in [2.24, 2.45) is 5.73 Å². The molecule has 0 aliphatic rings. The van der Waals surface area contributed by atoms with Crippen LogP contribution in [0.4, 0.5) is 0 Å². The number of carboxylic acid groups (broad SMARTS) is 2. The maximum absolute atomic E-state index is 12.6. The van der Waals surface area contributed by atoms with Crippen molar-refractivity contribution in [1.29, 1.82) is 0 Å². The van der Waals surface area contributed by atoms with Crippen LogP contribution < -0.4 is 21.7 Å². The molecule has 0 heterocycles. The average Bonchev–Trinajstić information content (AvgIpc) is 2.83. The van der Waals surface area contributed by atoms with E-state index in [1.807, 2.05) is 0 Å². The molecule has 12 heteroatoms. The van der Waals surface area contributed by atoms with Crippen molar-refractivity contribution in [3.63, 3.8) is 0 Å². The van der Waals surface area contributed by atoms with Crippen LogP contribution in [0.5, 0.6) is 5.75 Å². The summed E-state index contributed by atoms with van der Waals surface area (Å²) in [5.74, 6) is -5.19. The van der Waals surface area contributed by atoms with E-state index in [0.29, 0.717) is 11.1 Å². The van der Waals surface area contributed by atoms with E-state index in [-0.39, 0.29) is 18.6 Å². The number of nitrogens with two attached hydrogens (primary N) is 1. The number of hydrogen-bond donors (Lipinski definition) is 7. The summed E-state index contributed by atoms with van der Waals surface area (Å²) in [5.41, 5.74) is 7.15. The predicted octanol–water partition coefficient (Wildman–Crippen LogP) is -0.850. The lowest BCUT2D eigenvalue weighted by Crippen LogP contribution is -2.54. The van der Waals surface area contributed by atoms with Gasteiger partial charge in [-0.05, 0) is 29.7 Å². The normalized spacial score (nSPS) is 13.0. The number of phenols is 1. The predicted molar refractivity (Wildman–Crippen MR) is 127 cm³/mol. The van der Waals surface area contributed by atoms with Gasteiger partial charge < -0.3 is 37.0 Å². The fourth-order valence-electron chi connectivity index (χ4n) is 3.23. The first-order valence-corrected chi connectivity index (χ1v) is 10.9. The molecule has 0 saturated carbocycles. The zero-order valence-electron chi connectivity index (χ0n) is 19.2. The van der Waals surface area contributed by atoms with E-state index in [0.717, 1.165) is 0 Å². The molecule has 0 radical (unpaired) electrons. The quantitative estimate of drug-likeness (QED) is 0.182. The van der Waals surface area contributed by atoms with Crippen molar-refractivity contribution < 1.29 is 39.3 Å². The second-order valence-corrected chi connectivity index (χ2v) is 8.00. The van der Waals surface area contributed by atoms with Crippen LogP contribution in [-0.2, 0) is 36.8 Å². The summed E-state index contributed by atoms with van der Waals surface area (Å²) in [6.07, 6.45) is -0.718. The molecule has 0 saturated heterocycles. The maximum Gasteiger partial charge on any atom is 0.326 e. The Morgan fingerprint density at radius 2 is 1.39 bits per heavy atom.